The predicted molar refractivity (Wildman–Crippen MR) is 173 cm³/mol. The van der Waals surface area contributed by atoms with Crippen LogP contribution in [-0.2, 0) is 38.5 Å². The second-order valence-corrected chi connectivity index (χ2v) is 13.9. The van der Waals surface area contributed by atoms with E-state index in [1.54, 1.807) is 13.2 Å². The van der Waals surface area contributed by atoms with Crippen molar-refractivity contribution in [3.05, 3.63) is 52.5 Å². The number of hydrogen-bond donors (Lipinski definition) is 1. The Bertz CT molecular complexity index is 1300. The molecule has 0 radical (unpaired) electrons. The molecular formula is C36H51F2N3O5. The number of fused-ring (bicyclic) bond motifs is 1. The number of esters is 1. The molecule has 3 aliphatic rings. The average molecular weight is 644 g/mol. The Labute approximate surface area is 272 Å². The number of benzene rings is 1. The van der Waals surface area contributed by atoms with Gasteiger partial charge in [0.15, 0.2) is 0 Å². The molecule has 0 spiro atoms. The van der Waals surface area contributed by atoms with Crippen molar-refractivity contribution in [1.29, 1.82) is 0 Å². The van der Waals surface area contributed by atoms with Gasteiger partial charge in [-0.25, -0.2) is 18.6 Å². The molecule has 10 heteroatoms. The lowest BCUT2D eigenvalue weighted by atomic mass is 9.96. The molecule has 0 aliphatic carbocycles. The summed E-state index contributed by atoms with van der Waals surface area (Å²) in [6, 6.07) is 5.67. The molecule has 1 N–H and O–H groups in total. The quantitative estimate of drug-likeness (QED) is 0.190. The second kappa shape index (κ2) is 15.8. The van der Waals surface area contributed by atoms with Crippen LogP contribution in [0.5, 0.6) is 5.75 Å². The maximum atomic E-state index is 15.7. The summed E-state index contributed by atoms with van der Waals surface area (Å²) in [6.45, 7) is 8.85. The third kappa shape index (κ3) is 9.16. The van der Waals surface area contributed by atoms with Crippen LogP contribution in [0.25, 0.3) is 0 Å². The molecule has 4 heterocycles. The number of anilines is 1. The van der Waals surface area contributed by atoms with Gasteiger partial charge in [-0.15, -0.1) is 0 Å². The van der Waals surface area contributed by atoms with Crippen LogP contribution >= 0.6 is 0 Å². The molecule has 0 amide bonds. The SMILES string of the molecule is COc1cc(CCCCC(F)C2CCN(C(C(=O)OC(C)(C)C)c3cc(F)ccc3COC3CCOCC3)C2)nc2c1CCCN2. The molecule has 1 aromatic heterocycles. The van der Waals surface area contributed by atoms with Crippen molar-refractivity contribution in [3.63, 3.8) is 0 Å². The number of pyridine rings is 1. The Kier molecular flexibility index (Phi) is 11.9. The molecule has 254 valence electrons. The van der Waals surface area contributed by atoms with Crippen LogP contribution < -0.4 is 10.1 Å². The van der Waals surface area contributed by atoms with E-state index in [-0.39, 0.29) is 18.6 Å². The topological polar surface area (TPSA) is 82.2 Å². The zero-order chi connectivity index (χ0) is 32.7. The minimum atomic E-state index is -0.999. The number of halogens is 2. The number of methoxy groups -OCH3 is 1. The smallest absolute Gasteiger partial charge is 0.328 e. The Hall–Kier alpha value is -2.82. The number of carbonyl (C=O) groups is 1. The first-order valence-electron chi connectivity index (χ1n) is 17.0. The predicted octanol–water partition coefficient (Wildman–Crippen LogP) is 6.74. The number of carbonyl (C=O) groups excluding carboxylic acids is 1. The number of rotatable bonds is 13. The number of aryl methyl sites for hydroxylation is 1. The normalized spacial score (nSPS) is 20.5. The highest BCUT2D eigenvalue weighted by molar-refractivity contribution is 5.78. The van der Waals surface area contributed by atoms with Crippen LogP contribution in [0.2, 0.25) is 0 Å². The number of ether oxygens (including phenoxy) is 4. The van der Waals surface area contributed by atoms with Gasteiger partial charge in [-0.05, 0) is 102 Å². The van der Waals surface area contributed by atoms with Crippen LogP contribution in [0, 0.1) is 11.7 Å². The first-order valence-corrected chi connectivity index (χ1v) is 17.0. The van der Waals surface area contributed by atoms with Gasteiger partial charge in [0, 0.05) is 49.5 Å². The lowest BCUT2D eigenvalue weighted by Crippen LogP contribution is -2.38. The highest BCUT2D eigenvalue weighted by Gasteiger charge is 2.39. The van der Waals surface area contributed by atoms with Gasteiger partial charge in [-0.3, -0.25) is 4.90 Å². The standard InChI is InChI=1S/C36H51F2N3O5/c1-36(2,3)46-35(42)33(30-20-26(37)12-11-25(30)23-45-28-14-18-44-19-15-28)41-17-13-24(22-41)31(38)10-6-5-8-27-21-32(43-4)29-9-7-16-39-34(29)40-27/h11-12,20-21,24,28,31,33H,5-10,13-19,22-23H2,1-4H3,(H,39,40). The third-order valence-corrected chi connectivity index (χ3v) is 9.22. The first kappa shape index (κ1) is 34.5. The largest absolute Gasteiger partial charge is 0.496 e. The summed E-state index contributed by atoms with van der Waals surface area (Å²) in [5, 5.41) is 3.38. The van der Waals surface area contributed by atoms with Crippen molar-refractivity contribution >= 4 is 11.8 Å². The van der Waals surface area contributed by atoms with Crippen molar-refractivity contribution in [1.82, 2.24) is 9.88 Å². The van der Waals surface area contributed by atoms with E-state index in [2.05, 4.69) is 5.32 Å². The molecule has 3 atom stereocenters. The van der Waals surface area contributed by atoms with Gasteiger partial charge in [0.1, 0.15) is 35.2 Å². The van der Waals surface area contributed by atoms with Crippen molar-refractivity contribution < 1.29 is 32.5 Å². The van der Waals surface area contributed by atoms with Gasteiger partial charge in [-0.1, -0.05) is 12.5 Å². The zero-order valence-corrected chi connectivity index (χ0v) is 27.9. The molecule has 5 rings (SSSR count). The van der Waals surface area contributed by atoms with Gasteiger partial charge >= 0.3 is 5.97 Å². The van der Waals surface area contributed by atoms with E-state index >= 15 is 4.39 Å². The molecule has 3 aliphatic heterocycles. The van der Waals surface area contributed by atoms with Crippen LogP contribution in [-0.4, -0.2) is 73.7 Å². The third-order valence-electron chi connectivity index (χ3n) is 9.22. The summed E-state index contributed by atoms with van der Waals surface area (Å²) in [5.41, 5.74) is 2.63. The molecule has 2 fully saturated rings. The van der Waals surface area contributed by atoms with E-state index < -0.39 is 29.6 Å². The Morgan fingerprint density at radius 2 is 1.98 bits per heavy atom. The number of nitrogens with one attached hydrogen (secondary N) is 1. The molecule has 1 aromatic carbocycles. The number of nitrogens with zero attached hydrogens (tertiary/aromatic N) is 2. The average Bonchev–Trinajstić information content (AvgIpc) is 3.52. The van der Waals surface area contributed by atoms with Crippen LogP contribution in [0.3, 0.4) is 0 Å². The van der Waals surface area contributed by atoms with Crippen LogP contribution in [0.1, 0.15) is 94.1 Å². The Morgan fingerprint density at radius 1 is 1.17 bits per heavy atom. The monoisotopic (exact) mass is 643 g/mol. The van der Waals surface area contributed by atoms with Gasteiger partial charge in [-0.2, -0.15) is 0 Å². The number of hydrogen-bond acceptors (Lipinski definition) is 8. The molecule has 8 nitrogen and oxygen atoms in total. The van der Waals surface area contributed by atoms with E-state index in [1.165, 1.54) is 12.1 Å². The number of unbranched alkanes of at least 4 members (excludes halogenated alkanes) is 1. The summed E-state index contributed by atoms with van der Waals surface area (Å²) < 4.78 is 53.5. The fraction of sp³-hybridized carbons (Fsp3) is 0.667. The van der Waals surface area contributed by atoms with Crippen molar-refractivity contribution in [2.45, 2.75) is 109 Å². The van der Waals surface area contributed by atoms with Crippen molar-refractivity contribution in [3.8, 4) is 5.75 Å². The molecular weight excluding hydrogens is 592 g/mol. The molecule has 0 saturated carbocycles. The molecule has 3 unspecified atom stereocenters. The summed E-state index contributed by atoms with van der Waals surface area (Å²) >= 11 is 0. The fourth-order valence-corrected chi connectivity index (χ4v) is 6.83. The lowest BCUT2D eigenvalue weighted by molar-refractivity contribution is -0.161. The maximum Gasteiger partial charge on any atom is 0.328 e. The number of alkyl halides is 1. The van der Waals surface area contributed by atoms with Gasteiger partial charge in [0.05, 0.1) is 19.8 Å². The molecule has 2 aromatic rings. The summed E-state index contributed by atoms with van der Waals surface area (Å²) in [5.74, 6) is 0.679. The molecule has 2 saturated heterocycles. The van der Waals surface area contributed by atoms with E-state index in [0.717, 1.165) is 79.9 Å². The Balaban J connectivity index is 1.21. The summed E-state index contributed by atoms with van der Waals surface area (Å²) in [7, 11) is 1.69. The van der Waals surface area contributed by atoms with E-state index in [9.17, 15) is 9.18 Å². The van der Waals surface area contributed by atoms with Gasteiger partial charge in [0.2, 0.25) is 0 Å². The van der Waals surface area contributed by atoms with Crippen molar-refractivity contribution in [2.75, 3.05) is 45.3 Å². The number of likely N-dealkylation sites (tertiary alicyclic amines) is 1. The van der Waals surface area contributed by atoms with Gasteiger partial charge < -0.3 is 24.3 Å². The fourth-order valence-electron chi connectivity index (χ4n) is 6.83. The van der Waals surface area contributed by atoms with Crippen molar-refractivity contribution in [2.24, 2.45) is 5.92 Å². The van der Waals surface area contributed by atoms with E-state index in [1.807, 2.05) is 31.7 Å². The molecule has 0 bridgehead atoms. The molecule has 46 heavy (non-hydrogen) atoms. The highest BCUT2D eigenvalue weighted by Crippen LogP contribution is 2.36. The maximum absolute atomic E-state index is 15.7. The van der Waals surface area contributed by atoms with E-state index in [0.29, 0.717) is 44.7 Å². The minimum absolute atomic E-state index is 0.0526. The lowest BCUT2D eigenvalue weighted by Gasteiger charge is -2.32. The zero-order valence-electron chi connectivity index (χ0n) is 27.9. The minimum Gasteiger partial charge on any atom is -0.496 e. The van der Waals surface area contributed by atoms with E-state index in [4.69, 9.17) is 23.9 Å². The Morgan fingerprint density at radius 3 is 2.74 bits per heavy atom. The number of aromatic nitrogens is 1. The summed E-state index contributed by atoms with van der Waals surface area (Å²) in [6.07, 6.45) is 6.06. The second-order valence-electron chi connectivity index (χ2n) is 13.9. The van der Waals surface area contributed by atoms with Gasteiger partial charge in [0.25, 0.3) is 0 Å². The highest BCUT2D eigenvalue weighted by atomic mass is 19.1. The van der Waals surface area contributed by atoms with Crippen LogP contribution in [0.4, 0.5) is 14.6 Å². The summed E-state index contributed by atoms with van der Waals surface area (Å²) in [4.78, 5) is 20.5. The first-order chi connectivity index (χ1) is 22.1. The van der Waals surface area contributed by atoms with Crippen LogP contribution in [0.15, 0.2) is 24.3 Å².